The van der Waals surface area contributed by atoms with Gasteiger partial charge in [-0.3, -0.25) is 0 Å². The number of halogens is 5. The van der Waals surface area contributed by atoms with Gasteiger partial charge in [0.25, 0.3) is 0 Å². The zero-order valence-electron chi connectivity index (χ0n) is 9.30. The number of aliphatic hydroxyl groups is 1. The second-order valence-corrected chi connectivity index (χ2v) is 5.47. The van der Waals surface area contributed by atoms with E-state index >= 15 is 0 Å². The van der Waals surface area contributed by atoms with Gasteiger partial charge in [-0.1, -0.05) is 29.3 Å². The highest BCUT2D eigenvalue weighted by Gasteiger charge is 2.20. The zero-order valence-corrected chi connectivity index (χ0v) is 12.4. The van der Waals surface area contributed by atoms with Crippen molar-refractivity contribution in [2.45, 2.75) is 6.10 Å². The van der Waals surface area contributed by atoms with Gasteiger partial charge in [-0.15, -0.1) is 0 Å². The molecule has 0 saturated heterocycles. The van der Waals surface area contributed by atoms with Crippen LogP contribution in [0.3, 0.4) is 0 Å². The minimum absolute atomic E-state index is 0.143. The lowest BCUT2D eigenvalue weighted by Crippen LogP contribution is -2.04. The molecular formula is C13H7BrCl2F2O. The monoisotopic (exact) mass is 366 g/mol. The van der Waals surface area contributed by atoms with E-state index in [1.54, 1.807) is 6.07 Å². The molecule has 0 amide bonds. The molecule has 2 rings (SSSR count). The first-order chi connectivity index (χ1) is 8.91. The summed E-state index contributed by atoms with van der Waals surface area (Å²) in [6.45, 7) is 0. The third-order valence-electron chi connectivity index (χ3n) is 2.61. The molecule has 100 valence electrons. The minimum Gasteiger partial charge on any atom is -0.384 e. The van der Waals surface area contributed by atoms with Crippen LogP contribution in [0.5, 0.6) is 0 Å². The van der Waals surface area contributed by atoms with Crippen molar-refractivity contribution in [3.8, 4) is 0 Å². The summed E-state index contributed by atoms with van der Waals surface area (Å²) in [5.41, 5.74) is 0.490. The van der Waals surface area contributed by atoms with Gasteiger partial charge in [0.1, 0.15) is 6.10 Å². The fourth-order valence-electron chi connectivity index (χ4n) is 1.64. The van der Waals surface area contributed by atoms with E-state index in [0.29, 0.717) is 10.6 Å². The molecule has 0 aliphatic carbocycles. The van der Waals surface area contributed by atoms with Crippen molar-refractivity contribution in [1.82, 2.24) is 0 Å². The second kappa shape index (κ2) is 5.75. The first kappa shape index (κ1) is 14.7. The Kier molecular flexibility index (Phi) is 4.46. The lowest BCUT2D eigenvalue weighted by atomic mass is 10.0. The van der Waals surface area contributed by atoms with E-state index in [4.69, 9.17) is 23.2 Å². The van der Waals surface area contributed by atoms with Crippen LogP contribution >= 0.6 is 39.1 Å². The molecule has 0 bridgehead atoms. The molecule has 2 aromatic rings. The van der Waals surface area contributed by atoms with E-state index in [-0.39, 0.29) is 15.1 Å². The highest BCUT2D eigenvalue weighted by Crippen LogP contribution is 2.35. The van der Waals surface area contributed by atoms with Crippen molar-refractivity contribution < 1.29 is 13.9 Å². The molecule has 0 aliphatic rings. The maximum atomic E-state index is 13.5. The van der Waals surface area contributed by atoms with Gasteiger partial charge in [0, 0.05) is 21.2 Å². The standard InChI is InChI=1S/C13H7BrCl2F2O/c14-11-7(2-4-10(17)12(11)18)13(19)8-5-6(15)1-3-9(8)16/h1-5,13,19H. The van der Waals surface area contributed by atoms with Crippen LogP contribution < -0.4 is 0 Å². The molecule has 1 unspecified atom stereocenters. The summed E-state index contributed by atoms with van der Waals surface area (Å²) in [5.74, 6) is -2.06. The normalized spacial score (nSPS) is 12.5. The summed E-state index contributed by atoms with van der Waals surface area (Å²) < 4.78 is 26.3. The van der Waals surface area contributed by atoms with Crippen LogP contribution in [0, 0.1) is 11.6 Å². The predicted octanol–water partition coefficient (Wildman–Crippen LogP) is 5.12. The molecule has 1 atom stereocenters. The average Bonchev–Trinajstić information content (AvgIpc) is 2.38. The van der Waals surface area contributed by atoms with Crippen LogP contribution in [0.1, 0.15) is 17.2 Å². The highest BCUT2D eigenvalue weighted by atomic mass is 79.9. The average molecular weight is 368 g/mol. The van der Waals surface area contributed by atoms with Gasteiger partial charge in [-0.2, -0.15) is 0 Å². The van der Waals surface area contributed by atoms with Crippen LogP contribution in [-0.4, -0.2) is 5.11 Å². The summed E-state index contributed by atoms with van der Waals surface area (Å²) in [4.78, 5) is 0. The minimum atomic E-state index is -1.21. The van der Waals surface area contributed by atoms with Crippen molar-refractivity contribution in [3.05, 3.63) is 67.6 Å². The number of benzene rings is 2. The van der Waals surface area contributed by atoms with Crippen LogP contribution in [-0.2, 0) is 0 Å². The summed E-state index contributed by atoms with van der Waals surface area (Å²) in [6.07, 6.45) is -1.21. The third kappa shape index (κ3) is 2.92. The Hall–Kier alpha value is -0.680. The number of hydrogen-bond donors (Lipinski definition) is 1. The van der Waals surface area contributed by atoms with E-state index in [0.717, 1.165) is 6.07 Å². The molecule has 19 heavy (non-hydrogen) atoms. The maximum absolute atomic E-state index is 13.5. The van der Waals surface area contributed by atoms with Gasteiger partial charge < -0.3 is 5.11 Å². The Bertz CT molecular complexity index is 634. The number of aliphatic hydroxyl groups excluding tert-OH is 1. The van der Waals surface area contributed by atoms with E-state index in [1.165, 1.54) is 18.2 Å². The Labute approximate surface area is 126 Å². The molecular weight excluding hydrogens is 361 g/mol. The molecule has 1 nitrogen and oxygen atoms in total. The first-order valence-corrected chi connectivity index (χ1v) is 6.73. The Balaban J connectivity index is 2.53. The Morgan fingerprint density at radius 1 is 1.05 bits per heavy atom. The van der Waals surface area contributed by atoms with Crippen molar-refractivity contribution in [3.63, 3.8) is 0 Å². The SMILES string of the molecule is OC(c1cc(Cl)ccc1Cl)c1ccc(F)c(F)c1Br. The van der Waals surface area contributed by atoms with Gasteiger partial charge in [0.2, 0.25) is 0 Å². The van der Waals surface area contributed by atoms with Crippen LogP contribution in [0.2, 0.25) is 10.0 Å². The van der Waals surface area contributed by atoms with E-state index in [2.05, 4.69) is 15.9 Å². The van der Waals surface area contributed by atoms with Crippen molar-refractivity contribution in [2.75, 3.05) is 0 Å². The molecule has 6 heteroatoms. The van der Waals surface area contributed by atoms with E-state index in [1.807, 2.05) is 0 Å². The lowest BCUT2D eigenvalue weighted by molar-refractivity contribution is 0.218. The smallest absolute Gasteiger partial charge is 0.173 e. The molecule has 0 radical (unpaired) electrons. The van der Waals surface area contributed by atoms with Crippen LogP contribution in [0.15, 0.2) is 34.8 Å². The molecule has 1 N–H and O–H groups in total. The molecule has 0 spiro atoms. The fourth-order valence-corrected chi connectivity index (χ4v) is 2.58. The second-order valence-electron chi connectivity index (χ2n) is 3.83. The number of hydrogen-bond acceptors (Lipinski definition) is 1. The van der Waals surface area contributed by atoms with Crippen molar-refractivity contribution >= 4 is 39.1 Å². The molecule has 0 fully saturated rings. The molecule has 0 aliphatic heterocycles. The topological polar surface area (TPSA) is 20.2 Å². The summed E-state index contributed by atoms with van der Waals surface area (Å²) in [7, 11) is 0. The molecule has 2 aromatic carbocycles. The number of rotatable bonds is 2. The predicted molar refractivity (Wildman–Crippen MR) is 74.6 cm³/mol. The first-order valence-electron chi connectivity index (χ1n) is 5.18. The molecule has 0 heterocycles. The summed E-state index contributed by atoms with van der Waals surface area (Å²) >= 11 is 14.7. The van der Waals surface area contributed by atoms with Crippen molar-refractivity contribution in [1.29, 1.82) is 0 Å². The maximum Gasteiger partial charge on any atom is 0.173 e. The van der Waals surface area contributed by atoms with Crippen LogP contribution in [0.4, 0.5) is 8.78 Å². The highest BCUT2D eigenvalue weighted by molar-refractivity contribution is 9.10. The van der Waals surface area contributed by atoms with Gasteiger partial charge in [-0.25, -0.2) is 8.78 Å². The third-order valence-corrected chi connectivity index (χ3v) is 4.00. The van der Waals surface area contributed by atoms with Crippen molar-refractivity contribution in [2.24, 2.45) is 0 Å². The molecule has 0 saturated carbocycles. The Morgan fingerprint density at radius 2 is 1.74 bits per heavy atom. The molecule has 0 aromatic heterocycles. The fraction of sp³-hybridized carbons (Fsp3) is 0.0769. The lowest BCUT2D eigenvalue weighted by Gasteiger charge is -2.15. The summed E-state index contributed by atoms with van der Waals surface area (Å²) in [6, 6.07) is 6.79. The van der Waals surface area contributed by atoms with Gasteiger partial charge in [0.05, 0.1) is 4.47 Å². The van der Waals surface area contributed by atoms with Gasteiger partial charge in [-0.05, 0) is 40.2 Å². The van der Waals surface area contributed by atoms with Crippen LogP contribution in [0.25, 0.3) is 0 Å². The van der Waals surface area contributed by atoms with E-state index < -0.39 is 17.7 Å². The van der Waals surface area contributed by atoms with Gasteiger partial charge >= 0.3 is 0 Å². The Morgan fingerprint density at radius 3 is 2.42 bits per heavy atom. The van der Waals surface area contributed by atoms with Gasteiger partial charge in [0.15, 0.2) is 11.6 Å². The quantitative estimate of drug-likeness (QED) is 0.730. The zero-order chi connectivity index (χ0) is 14.2. The van der Waals surface area contributed by atoms with E-state index in [9.17, 15) is 13.9 Å². The largest absolute Gasteiger partial charge is 0.384 e. The summed E-state index contributed by atoms with van der Waals surface area (Å²) in [5, 5.41) is 10.9.